The second-order valence-corrected chi connectivity index (χ2v) is 10.4. The molecule has 1 aliphatic heterocycles. The van der Waals surface area contributed by atoms with Gasteiger partial charge in [-0.2, -0.15) is 0 Å². The molecule has 0 bridgehead atoms. The number of allylic oxidation sites excluding steroid dienone is 1. The number of ether oxygens (including phenoxy) is 2. The number of carbonyl (C=O) groups is 2. The minimum absolute atomic E-state index is 0.138. The Morgan fingerprint density at radius 1 is 1.06 bits per heavy atom. The van der Waals surface area contributed by atoms with E-state index in [1.807, 2.05) is 6.92 Å². The van der Waals surface area contributed by atoms with E-state index < -0.39 is 39.6 Å². The summed E-state index contributed by atoms with van der Waals surface area (Å²) in [4.78, 5) is 25.8. The minimum atomic E-state index is -3.93. The van der Waals surface area contributed by atoms with E-state index in [1.165, 1.54) is 24.0 Å². The van der Waals surface area contributed by atoms with E-state index in [0.29, 0.717) is 16.5 Å². The van der Waals surface area contributed by atoms with Gasteiger partial charge in [0.05, 0.1) is 10.4 Å². The van der Waals surface area contributed by atoms with Crippen LogP contribution in [0.2, 0.25) is 0 Å². The van der Waals surface area contributed by atoms with Crippen molar-refractivity contribution in [2.45, 2.75) is 43.8 Å². The number of hydrogen-bond acceptors (Lipinski definition) is 6. The molecule has 1 aromatic heterocycles. The van der Waals surface area contributed by atoms with Crippen LogP contribution in [-0.4, -0.2) is 30.1 Å². The largest absolute Gasteiger partial charge is 0.422 e. The maximum atomic E-state index is 13.5. The van der Waals surface area contributed by atoms with Crippen molar-refractivity contribution in [2.75, 3.05) is 0 Å². The Labute approximate surface area is 192 Å². The zero-order chi connectivity index (χ0) is 24.0. The molecule has 2 heterocycles. The Balaban J connectivity index is 1.89. The van der Waals surface area contributed by atoms with Crippen molar-refractivity contribution in [3.05, 3.63) is 78.5 Å². The van der Waals surface area contributed by atoms with Gasteiger partial charge in [0.1, 0.15) is 0 Å². The van der Waals surface area contributed by atoms with Crippen LogP contribution in [0.25, 0.3) is 10.9 Å². The third kappa shape index (κ3) is 4.06. The summed E-state index contributed by atoms with van der Waals surface area (Å²) in [5.41, 5.74) is 1.91. The van der Waals surface area contributed by atoms with Crippen LogP contribution in [0.1, 0.15) is 37.3 Å². The minimum Gasteiger partial charge on any atom is -0.422 e. The number of aromatic nitrogens is 1. The van der Waals surface area contributed by atoms with Gasteiger partial charge in [0.15, 0.2) is 5.92 Å². The number of nitrogens with zero attached hydrogens (tertiary/aromatic N) is 1. The zero-order valence-electron chi connectivity index (χ0n) is 18.6. The van der Waals surface area contributed by atoms with E-state index in [9.17, 15) is 18.0 Å². The van der Waals surface area contributed by atoms with E-state index in [1.54, 1.807) is 54.6 Å². The second-order valence-electron chi connectivity index (χ2n) is 8.57. The number of carbonyl (C=O) groups excluding carboxylic acids is 2. The SMILES string of the molecule is C=CCC(c1cn(S(=O)(=O)c2ccc(C)cc2)c2ccccc12)C1C(=O)OC(C)(C)OC1=O. The fourth-order valence-corrected chi connectivity index (χ4v) is 5.55. The highest BCUT2D eigenvalue weighted by Gasteiger charge is 2.48. The van der Waals surface area contributed by atoms with Crippen LogP contribution in [-0.2, 0) is 29.1 Å². The molecule has 1 saturated heterocycles. The van der Waals surface area contributed by atoms with Gasteiger partial charge in [0, 0.05) is 31.3 Å². The maximum Gasteiger partial charge on any atom is 0.324 e. The lowest BCUT2D eigenvalue weighted by Gasteiger charge is -2.35. The van der Waals surface area contributed by atoms with Gasteiger partial charge < -0.3 is 9.47 Å². The van der Waals surface area contributed by atoms with Gasteiger partial charge in [-0.05, 0) is 37.1 Å². The van der Waals surface area contributed by atoms with Crippen LogP contribution >= 0.6 is 0 Å². The van der Waals surface area contributed by atoms with E-state index in [-0.39, 0.29) is 11.3 Å². The highest BCUT2D eigenvalue weighted by molar-refractivity contribution is 7.90. The normalized spacial score (nSPS) is 17.4. The molecule has 1 aliphatic rings. The van der Waals surface area contributed by atoms with Gasteiger partial charge in [0.2, 0.25) is 0 Å². The van der Waals surface area contributed by atoms with Crippen LogP contribution < -0.4 is 0 Å². The van der Waals surface area contributed by atoms with Gasteiger partial charge in [0.25, 0.3) is 15.8 Å². The fraction of sp³-hybridized carbons (Fsp3) is 0.280. The average Bonchev–Trinajstić information content (AvgIpc) is 3.12. The molecule has 33 heavy (non-hydrogen) atoms. The molecule has 0 radical (unpaired) electrons. The molecule has 1 unspecified atom stereocenters. The number of hydrogen-bond donors (Lipinski definition) is 0. The molecule has 1 fully saturated rings. The predicted octanol–water partition coefficient (Wildman–Crippen LogP) is 4.30. The van der Waals surface area contributed by atoms with E-state index >= 15 is 0 Å². The van der Waals surface area contributed by atoms with Gasteiger partial charge in [-0.25, -0.2) is 12.4 Å². The number of fused-ring (bicyclic) bond motifs is 1. The lowest BCUT2D eigenvalue weighted by atomic mass is 9.82. The first-order valence-corrected chi connectivity index (χ1v) is 12.0. The Hall–Kier alpha value is -3.39. The van der Waals surface area contributed by atoms with Crippen molar-refractivity contribution in [1.82, 2.24) is 3.97 Å². The summed E-state index contributed by atoms with van der Waals surface area (Å²) in [6.45, 7) is 8.61. The Kier molecular flexibility index (Phi) is 5.66. The molecule has 2 aromatic carbocycles. The zero-order valence-corrected chi connectivity index (χ0v) is 19.5. The van der Waals surface area contributed by atoms with E-state index in [4.69, 9.17) is 9.47 Å². The molecular formula is C25H25NO6S. The summed E-state index contributed by atoms with van der Waals surface area (Å²) < 4.78 is 38.9. The summed E-state index contributed by atoms with van der Waals surface area (Å²) in [6.07, 6.45) is 3.31. The first-order chi connectivity index (χ1) is 15.5. The first-order valence-electron chi connectivity index (χ1n) is 10.5. The second kappa shape index (κ2) is 8.19. The topological polar surface area (TPSA) is 91.7 Å². The first kappa shape index (κ1) is 22.8. The molecule has 1 atom stereocenters. The van der Waals surface area contributed by atoms with Crippen molar-refractivity contribution < 1.29 is 27.5 Å². The summed E-state index contributed by atoms with van der Waals surface area (Å²) >= 11 is 0. The molecule has 0 spiro atoms. The molecule has 0 amide bonds. The predicted molar refractivity (Wildman–Crippen MR) is 123 cm³/mol. The van der Waals surface area contributed by atoms with Crippen LogP contribution in [0, 0.1) is 12.8 Å². The third-order valence-electron chi connectivity index (χ3n) is 5.71. The molecule has 3 aromatic rings. The Bertz CT molecular complexity index is 1330. The number of rotatable bonds is 6. The Morgan fingerprint density at radius 3 is 2.27 bits per heavy atom. The Morgan fingerprint density at radius 2 is 1.67 bits per heavy atom. The van der Waals surface area contributed by atoms with Gasteiger partial charge in [-0.3, -0.25) is 9.59 Å². The van der Waals surface area contributed by atoms with E-state index in [2.05, 4.69) is 6.58 Å². The number of para-hydroxylation sites is 1. The van der Waals surface area contributed by atoms with Crippen molar-refractivity contribution >= 4 is 32.9 Å². The average molecular weight is 468 g/mol. The number of esters is 2. The van der Waals surface area contributed by atoms with Crippen LogP contribution in [0.4, 0.5) is 0 Å². The number of benzene rings is 2. The maximum absolute atomic E-state index is 13.5. The molecule has 0 aliphatic carbocycles. The monoisotopic (exact) mass is 467 g/mol. The smallest absolute Gasteiger partial charge is 0.324 e. The summed E-state index contributed by atoms with van der Waals surface area (Å²) in [6, 6.07) is 13.5. The van der Waals surface area contributed by atoms with Crippen LogP contribution in [0.5, 0.6) is 0 Å². The molecular weight excluding hydrogens is 442 g/mol. The fourth-order valence-electron chi connectivity index (χ4n) is 4.17. The molecule has 8 heteroatoms. The molecule has 4 rings (SSSR count). The van der Waals surface area contributed by atoms with Gasteiger partial charge >= 0.3 is 11.9 Å². The standard InChI is InChI=1S/C25H25NO6S/c1-5-8-19(22-23(27)31-25(3,4)32-24(22)28)20-15-26(21-10-7-6-9-18(20)21)33(29,30)17-13-11-16(2)12-14-17/h5-7,9-15,19,22H,1,8H2,2-4H3. The van der Waals surface area contributed by atoms with Crippen molar-refractivity contribution in [3.63, 3.8) is 0 Å². The van der Waals surface area contributed by atoms with E-state index in [0.717, 1.165) is 5.56 Å². The summed E-state index contributed by atoms with van der Waals surface area (Å²) in [7, 11) is -3.93. The molecule has 172 valence electrons. The number of cyclic esters (lactones) is 2. The van der Waals surface area contributed by atoms with Crippen molar-refractivity contribution in [1.29, 1.82) is 0 Å². The van der Waals surface area contributed by atoms with Crippen LogP contribution in [0.15, 0.2) is 72.3 Å². The van der Waals surface area contributed by atoms with Crippen molar-refractivity contribution in [3.8, 4) is 0 Å². The molecule has 0 N–H and O–H groups in total. The van der Waals surface area contributed by atoms with Crippen molar-refractivity contribution in [2.24, 2.45) is 5.92 Å². The summed E-state index contributed by atoms with van der Waals surface area (Å²) in [5, 5.41) is 0.616. The van der Waals surface area contributed by atoms with Gasteiger partial charge in [-0.15, -0.1) is 6.58 Å². The van der Waals surface area contributed by atoms with Gasteiger partial charge in [-0.1, -0.05) is 42.0 Å². The number of aryl methyl sites for hydroxylation is 1. The lowest BCUT2D eigenvalue weighted by molar-refractivity contribution is -0.241. The molecule has 0 saturated carbocycles. The highest BCUT2D eigenvalue weighted by Crippen LogP contribution is 2.40. The highest BCUT2D eigenvalue weighted by atomic mass is 32.2. The quantitative estimate of drug-likeness (QED) is 0.305. The lowest BCUT2D eigenvalue weighted by Crippen LogP contribution is -2.48. The molecule has 7 nitrogen and oxygen atoms in total. The summed E-state index contributed by atoms with van der Waals surface area (Å²) in [5.74, 6) is -4.72. The van der Waals surface area contributed by atoms with Crippen LogP contribution in [0.3, 0.4) is 0 Å². The third-order valence-corrected chi connectivity index (χ3v) is 7.40.